The number of halogens is 1. The SMILES string of the molecule is Cn1nccc1S(=O)(=O)Nc1ccc(Cl)c(N)c1. The average Bonchev–Trinajstić information content (AvgIpc) is 2.70. The number of benzene rings is 1. The van der Waals surface area contributed by atoms with E-state index in [9.17, 15) is 8.42 Å². The van der Waals surface area contributed by atoms with Crippen molar-refractivity contribution in [2.75, 3.05) is 10.5 Å². The van der Waals surface area contributed by atoms with Crippen molar-refractivity contribution < 1.29 is 8.42 Å². The van der Waals surface area contributed by atoms with Crippen LogP contribution >= 0.6 is 11.6 Å². The second-order valence-electron chi connectivity index (χ2n) is 3.63. The summed E-state index contributed by atoms with van der Waals surface area (Å²) in [6, 6.07) is 5.92. The number of aromatic nitrogens is 2. The van der Waals surface area contributed by atoms with Crippen LogP contribution in [0.5, 0.6) is 0 Å². The van der Waals surface area contributed by atoms with Crippen LogP contribution in [0, 0.1) is 0 Å². The molecule has 1 aromatic heterocycles. The minimum absolute atomic E-state index is 0.0658. The van der Waals surface area contributed by atoms with E-state index in [2.05, 4.69) is 9.82 Å². The predicted molar refractivity (Wildman–Crippen MR) is 69.9 cm³/mol. The molecule has 96 valence electrons. The molecule has 1 heterocycles. The van der Waals surface area contributed by atoms with Crippen LogP contribution < -0.4 is 10.5 Å². The van der Waals surface area contributed by atoms with Crippen LogP contribution in [-0.2, 0) is 17.1 Å². The van der Waals surface area contributed by atoms with Crippen LogP contribution in [0.3, 0.4) is 0 Å². The van der Waals surface area contributed by atoms with Crippen molar-refractivity contribution in [3.05, 3.63) is 35.5 Å². The number of rotatable bonds is 3. The zero-order valence-corrected chi connectivity index (χ0v) is 11.0. The first-order valence-electron chi connectivity index (χ1n) is 4.96. The third-order valence-electron chi connectivity index (χ3n) is 2.30. The number of nitrogens with one attached hydrogen (secondary N) is 1. The van der Waals surface area contributed by atoms with Crippen LogP contribution in [0.1, 0.15) is 0 Å². The van der Waals surface area contributed by atoms with Crippen molar-refractivity contribution >= 4 is 33.0 Å². The third-order valence-corrected chi connectivity index (χ3v) is 4.10. The quantitative estimate of drug-likeness (QED) is 0.836. The van der Waals surface area contributed by atoms with Crippen LogP contribution in [0.2, 0.25) is 5.02 Å². The van der Waals surface area contributed by atoms with Crippen molar-refractivity contribution in [2.24, 2.45) is 7.05 Å². The fourth-order valence-electron chi connectivity index (χ4n) is 1.44. The number of aryl methyl sites for hydroxylation is 1. The van der Waals surface area contributed by atoms with Crippen LogP contribution in [-0.4, -0.2) is 18.2 Å². The fraction of sp³-hybridized carbons (Fsp3) is 0.100. The van der Waals surface area contributed by atoms with Gasteiger partial charge in [0.25, 0.3) is 10.0 Å². The lowest BCUT2D eigenvalue weighted by Crippen LogP contribution is -2.16. The summed E-state index contributed by atoms with van der Waals surface area (Å²) < 4.78 is 27.7. The maximum atomic E-state index is 12.0. The van der Waals surface area contributed by atoms with Crippen molar-refractivity contribution in [2.45, 2.75) is 5.03 Å². The normalized spacial score (nSPS) is 11.4. The predicted octanol–water partition coefficient (Wildman–Crippen LogP) is 1.46. The Morgan fingerprint density at radius 2 is 2.11 bits per heavy atom. The maximum absolute atomic E-state index is 12.0. The van der Waals surface area contributed by atoms with Gasteiger partial charge in [0.15, 0.2) is 5.03 Å². The Balaban J connectivity index is 2.34. The van der Waals surface area contributed by atoms with Gasteiger partial charge in [-0.3, -0.25) is 9.40 Å². The number of nitrogen functional groups attached to an aromatic ring is 1. The van der Waals surface area contributed by atoms with Gasteiger partial charge < -0.3 is 5.73 Å². The smallest absolute Gasteiger partial charge is 0.279 e. The molecule has 0 aliphatic carbocycles. The highest BCUT2D eigenvalue weighted by atomic mass is 35.5. The number of nitrogens with zero attached hydrogens (tertiary/aromatic N) is 2. The molecular weight excluding hydrogens is 276 g/mol. The molecule has 0 spiro atoms. The molecule has 0 bridgehead atoms. The van der Waals surface area contributed by atoms with Crippen LogP contribution in [0.15, 0.2) is 35.5 Å². The molecule has 0 fully saturated rings. The lowest BCUT2D eigenvalue weighted by molar-refractivity contribution is 0.582. The Morgan fingerprint density at radius 3 is 2.67 bits per heavy atom. The molecule has 0 amide bonds. The van der Waals surface area contributed by atoms with E-state index in [4.69, 9.17) is 17.3 Å². The minimum atomic E-state index is -3.68. The molecule has 6 nitrogen and oxygen atoms in total. The summed E-state index contributed by atoms with van der Waals surface area (Å²) in [6.45, 7) is 0. The van der Waals surface area contributed by atoms with Crippen molar-refractivity contribution in [3.63, 3.8) is 0 Å². The fourth-order valence-corrected chi connectivity index (χ4v) is 2.73. The molecule has 2 rings (SSSR count). The van der Waals surface area contributed by atoms with E-state index in [1.165, 1.54) is 35.1 Å². The van der Waals surface area contributed by atoms with Gasteiger partial charge in [-0.25, -0.2) is 0 Å². The maximum Gasteiger partial charge on any atom is 0.279 e. The number of hydrogen-bond acceptors (Lipinski definition) is 4. The van der Waals surface area contributed by atoms with E-state index in [1.807, 2.05) is 0 Å². The molecule has 18 heavy (non-hydrogen) atoms. The van der Waals surface area contributed by atoms with Gasteiger partial charge in [0, 0.05) is 7.05 Å². The molecule has 2 aromatic rings. The van der Waals surface area contributed by atoms with E-state index < -0.39 is 10.0 Å². The lowest BCUT2D eigenvalue weighted by Gasteiger charge is -2.09. The average molecular weight is 287 g/mol. The molecule has 0 radical (unpaired) electrons. The highest BCUT2D eigenvalue weighted by molar-refractivity contribution is 7.92. The highest BCUT2D eigenvalue weighted by Crippen LogP contribution is 2.24. The van der Waals surface area contributed by atoms with Gasteiger partial charge in [-0.15, -0.1) is 0 Å². The second-order valence-corrected chi connectivity index (χ2v) is 5.67. The summed E-state index contributed by atoms with van der Waals surface area (Å²) >= 11 is 5.76. The largest absolute Gasteiger partial charge is 0.397 e. The van der Waals surface area contributed by atoms with E-state index in [0.29, 0.717) is 16.4 Å². The lowest BCUT2D eigenvalue weighted by atomic mass is 10.3. The van der Waals surface area contributed by atoms with Gasteiger partial charge in [0.2, 0.25) is 0 Å². The minimum Gasteiger partial charge on any atom is -0.397 e. The van der Waals surface area contributed by atoms with Crippen LogP contribution in [0.25, 0.3) is 0 Å². The van der Waals surface area contributed by atoms with Gasteiger partial charge >= 0.3 is 0 Å². The van der Waals surface area contributed by atoms with Crippen LogP contribution in [0.4, 0.5) is 11.4 Å². The molecular formula is C10H11ClN4O2S. The number of anilines is 2. The standard InChI is InChI=1S/C10H11ClN4O2S/c1-15-10(4-5-13-15)18(16,17)14-7-2-3-8(11)9(12)6-7/h2-6,14H,12H2,1H3. The van der Waals surface area contributed by atoms with E-state index >= 15 is 0 Å². The third kappa shape index (κ3) is 2.41. The summed E-state index contributed by atoms with van der Waals surface area (Å²) in [5.41, 5.74) is 6.26. The molecule has 0 saturated carbocycles. The van der Waals surface area contributed by atoms with Crippen molar-refractivity contribution in [1.29, 1.82) is 0 Å². The zero-order valence-electron chi connectivity index (χ0n) is 9.46. The first-order chi connectivity index (χ1) is 8.40. The monoisotopic (exact) mass is 286 g/mol. The Kier molecular flexibility index (Phi) is 3.18. The number of nitrogens with two attached hydrogens (primary N) is 1. The number of sulfonamides is 1. The Labute approximate surface area is 109 Å². The summed E-state index contributed by atoms with van der Waals surface area (Å²) in [5.74, 6) is 0. The van der Waals surface area contributed by atoms with Gasteiger partial charge in [-0.2, -0.15) is 13.5 Å². The molecule has 0 atom stereocenters. The van der Waals surface area contributed by atoms with Crippen molar-refractivity contribution in [3.8, 4) is 0 Å². The van der Waals surface area contributed by atoms with E-state index in [0.717, 1.165) is 0 Å². The summed E-state index contributed by atoms with van der Waals surface area (Å²) in [4.78, 5) is 0. The molecule has 0 saturated heterocycles. The molecule has 1 aromatic carbocycles. The Morgan fingerprint density at radius 1 is 1.39 bits per heavy atom. The van der Waals surface area contributed by atoms with Crippen molar-refractivity contribution in [1.82, 2.24) is 9.78 Å². The summed E-state index contributed by atoms with van der Waals surface area (Å²) in [6.07, 6.45) is 1.41. The zero-order chi connectivity index (χ0) is 13.3. The van der Waals surface area contributed by atoms with E-state index in [-0.39, 0.29) is 5.03 Å². The first-order valence-corrected chi connectivity index (χ1v) is 6.82. The van der Waals surface area contributed by atoms with Gasteiger partial charge in [0.1, 0.15) is 0 Å². The summed E-state index contributed by atoms with van der Waals surface area (Å²) in [5, 5.41) is 4.25. The van der Waals surface area contributed by atoms with E-state index in [1.54, 1.807) is 7.05 Å². The molecule has 8 heteroatoms. The highest BCUT2D eigenvalue weighted by Gasteiger charge is 2.18. The molecule has 3 N–H and O–H groups in total. The van der Waals surface area contributed by atoms with Gasteiger partial charge in [-0.05, 0) is 24.3 Å². The second kappa shape index (κ2) is 4.51. The molecule has 0 unspecified atom stereocenters. The Hall–Kier alpha value is -1.73. The molecule has 0 aliphatic rings. The number of hydrogen-bond donors (Lipinski definition) is 2. The van der Waals surface area contributed by atoms with Gasteiger partial charge in [-0.1, -0.05) is 11.6 Å². The molecule has 0 aliphatic heterocycles. The summed E-state index contributed by atoms with van der Waals surface area (Å²) in [7, 11) is -2.13. The first kappa shape index (κ1) is 12.7. The Bertz CT molecular complexity index is 681. The topological polar surface area (TPSA) is 90.0 Å². The van der Waals surface area contributed by atoms with Gasteiger partial charge in [0.05, 0.1) is 22.6 Å².